The molecule has 0 saturated carbocycles. The Morgan fingerprint density at radius 3 is 2.88 bits per heavy atom. The Kier molecular flexibility index (Phi) is 4.17. The molecule has 0 radical (unpaired) electrons. The average Bonchev–Trinajstić information content (AvgIpc) is 2.30. The van der Waals surface area contributed by atoms with Gasteiger partial charge in [-0.2, -0.15) is 0 Å². The van der Waals surface area contributed by atoms with Gasteiger partial charge in [0.2, 0.25) is 0 Å². The minimum atomic E-state index is -0.522. The van der Waals surface area contributed by atoms with Crippen LogP contribution in [0.4, 0.5) is 5.69 Å². The molecular formula is C11H10N2O4. The highest BCUT2D eigenvalue weighted by molar-refractivity contribution is 5.72. The molecule has 0 unspecified atom stereocenters. The number of hydrogen-bond donors (Lipinski definition) is 0. The molecule has 0 N–H and O–H groups in total. The fourth-order valence-corrected chi connectivity index (χ4v) is 1.06. The first-order chi connectivity index (χ1) is 8.04. The van der Waals surface area contributed by atoms with Crippen LogP contribution in [0.5, 0.6) is 0 Å². The number of methoxy groups -OCH3 is 1. The number of ether oxygens (including phenoxy) is 1. The molecular weight excluding hydrogens is 224 g/mol. The number of nitro groups is 1. The van der Waals surface area contributed by atoms with E-state index in [0.29, 0.717) is 11.3 Å². The van der Waals surface area contributed by atoms with E-state index in [9.17, 15) is 14.9 Å². The van der Waals surface area contributed by atoms with Crippen LogP contribution in [0.25, 0.3) is 0 Å². The van der Waals surface area contributed by atoms with Crippen LogP contribution in [0.1, 0.15) is 17.7 Å². The van der Waals surface area contributed by atoms with E-state index in [1.165, 1.54) is 13.2 Å². The number of nitrogens with zero attached hydrogens (tertiary/aromatic N) is 2. The van der Waals surface area contributed by atoms with Crippen LogP contribution >= 0.6 is 0 Å². The Morgan fingerprint density at radius 2 is 2.35 bits per heavy atom. The van der Waals surface area contributed by atoms with Crippen LogP contribution in [0.15, 0.2) is 12.3 Å². The third-order valence-corrected chi connectivity index (χ3v) is 1.94. The molecule has 1 aromatic rings. The van der Waals surface area contributed by atoms with E-state index in [0.717, 1.165) is 6.20 Å². The van der Waals surface area contributed by atoms with Gasteiger partial charge in [0.15, 0.2) is 0 Å². The van der Waals surface area contributed by atoms with Gasteiger partial charge < -0.3 is 4.74 Å². The summed E-state index contributed by atoms with van der Waals surface area (Å²) in [6.45, 7) is 1.67. The second-order valence-corrected chi connectivity index (χ2v) is 3.17. The quantitative estimate of drug-likeness (QED) is 0.332. The van der Waals surface area contributed by atoms with Crippen molar-refractivity contribution in [2.75, 3.05) is 7.11 Å². The minimum Gasteiger partial charge on any atom is -0.468 e. The molecule has 1 rings (SSSR count). The van der Waals surface area contributed by atoms with Crippen molar-refractivity contribution < 1.29 is 14.5 Å². The molecule has 0 aliphatic rings. The van der Waals surface area contributed by atoms with Crippen molar-refractivity contribution in [1.29, 1.82) is 0 Å². The van der Waals surface area contributed by atoms with Gasteiger partial charge in [-0.15, -0.1) is 0 Å². The molecule has 1 heterocycles. The van der Waals surface area contributed by atoms with E-state index in [1.54, 1.807) is 6.92 Å². The Hall–Kier alpha value is -2.42. The first-order valence-electron chi connectivity index (χ1n) is 4.71. The van der Waals surface area contributed by atoms with E-state index < -0.39 is 10.9 Å². The Labute approximate surface area is 97.8 Å². The van der Waals surface area contributed by atoms with Crippen molar-refractivity contribution in [1.82, 2.24) is 4.98 Å². The molecule has 0 atom stereocenters. The summed E-state index contributed by atoms with van der Waals surface area (Å²) in [5.74, 6) is 4.81. The topological polar surface area (TPSA) is 82.3 Å². The molecule has 0 saturated heterocycles. The van der Waals surface area contributed by atoms with Crippen LogP contribution in [0.3, 0.4) is 0 Å². The highest BCUT2D eigenvalue weighted by atomic mass is 16.6. The van der Waals surface area contributed by atoms with Crippen LogP contribution in [0, 0.1) is 28.9 Å². The van der Waals surface area contributed by atoms with E-state index in [-0.39, 0.29) is 12.1 Å². The van der Waals surface area contributed by atoms with Gasteiger partial charge in [0.05, 0.1) is 12.0 Å². The van der Waals surface area contributed by atoms with Crippen LogP contribution in [-0.2, 0) is 9.53 Å². The zero-order chi connectivity index (χ0) is 12.8. The highest BCUT2D eigenvalue weighted by Crippen LogP contribution is 2.13. The van der Waals surface area contributed by atoms with E-state index in [1.807, 2.05) is 0 Å². The Morgan fingerprint density at radius 1 is 1.65 bits per heavy atom. The summed E-state index contributed by atoms with van der Waals surface area (Å²) >= 11 is 0. The van der Waals surface area contributed by atoms with Gasteiger partial charge in [-0.05, 0) is 18.4 Å². The van der Waals surface area contributed by atoms with Gasteiger partial charge in [-0.1, -0.05) is 5.92 Å². The fraction of sp³-hybridized carbons (Fsp3) is 0.273. The van der Waals surface area contributed by atoms with Gasteiger partial charge in [-0.3, -0.25) is 14.9 Å². The summed E-state index contributed by atoms with van der Waals surface area (Å²) in [6.07, 6.45) is 1.10. The van der Waals surface area contributed by atoms with Gasteiger partial charge in [0.25, 0.3) is 5.69 Å². The summed E-state index contributed by atoms with van der Waals surface area (Å²) in [5, 5.41) is 10.5. The van der Waals surface area contributed by atoms with Gasteiger partial charge in [0.1, 0.15) is 18.3 Å². The van der Waals surface area contributed by atoms with Crippen molar-refractivity contribution in [2.45, 2.75) is 13.3 Å². The molecule has 0 spiro atoms. The predicted octanol–water partition coefficient (Wildman–Crippen LogP) is 1.21. The third kappa shape index (κ3) is 3.57. The molecule has 0 aliphatic carbocycles. The van der Waals surface area contributed by atoms with Crippen LogP contribution in [0.2, 0.25) is 0 Å². The lowest BCUT2D eigenvalue weighted by Gasteiger charge is -1.96. The van der Waals surface area contributed by atoms with Crippen LogP contribution in [-0.4, -0.2) is 23.0 Å². The zero-order valence-corrected chi connectivity index (χ0v) is 9.39. The molecule has 6 heteroatoms. The SMILES string of the molecule is COC(=O)CC#Cc1ncc([N+](=O)[O-])cc1C. The van der Waals surface area contributed by atoms with Crippen molar-refractivity contribution in [2.24, 2.45) is 0 Å². The summed E-state index contributed by atoms with van der Waals surface area (Å²) in [7, 11) is 1.28. The molecule has 17 heavy (non-hydrogen) atoms. The van der Waals surface area contributed by atoms with Gasteiger partial charge in [-0.25, -0.2) is 4.98 Å². The zero-order valence-electron chi connectivity index (χ0n) is 9.39. The van der Waals surface area contributed by atoms with Crippen molar-refractivity contribution >= 4 is 11.7 Å². The molecule has 0 fully saturated rings. The van der Waals surface area contributed by atoms with Crippen molar-refractivity contribution in [3.63, 3.8) is 0 Å². The fourth-order valence-electron chi connectivity index (χ4n) is 1.06. The number of rotatable bonds is 2. The average molecular weight is 234 g/mol. The number of carbonyl (C=O) groups is 1. The highest BCUT2D eigenvalue weighted by Gasteiger charge is 2.07. The standard InChI is InChI=1S/C11H10N2O4/c1-8-6-9(13(15)16)7-12-10(8)4-3-5-11(14)17-2/h6-7H,5H2,1-2H3. The molecule has 0 aromatic carbocycles. The normalized spacial score (nSPS) is 9.06. The maximum Gasteiger partial charge on any atom is 0.317 e. The minimum absolute atomic E-state index is 0.0331. The lowest BCUT2D eigenvalue weighted by molar-refractivity contribution is -0.385. The van der Waals surface area contributed by atoms with Crippen molar-refractivity contribution in [3.8, 4) is 11.8 Å². The summed E-state index contributed by atoms with van der Waals surface area (Å²) < 4.78 is 4.42. The predicted molar refractivity (Wildman–Crippen MR) is 59.1 cm³/mol. The number of aryl methyl sites for hydroxylation is 1. The second kappa shape index (κ2) is 5.61. The second-order valence-electron chi connectivity index (χ2n) is 3.17. The lowest BCUT2D eigenvalue weighted by atomic mass is 10.2. The van der Waals surface area contributed by atoms with E-state index in [4.69, 9.17) is 0 Å². The molecule has 1 aromatic heterocycles. The first kappa shape index (κ1) is 12.6. The Bertz CT molecular complexity index is 514. The van der Waals surface area contributed by atoms with E-state index in [2.05, 4.69) is 21.6 Å². The van der Waals surface area contributed by atoms with Crippen molar-refractivity contribution in [3.05, 3.63) is 33.6 Å². The maximum atomic E-state index is 10.8. The Balaban J connectivity index is 2.86. The molecule has 0 amide bonds. The largest absolute Gasteiger partial charge is 0.468 e. The smallest absolute Gasteiger partial charge is 0.317 e. The third-order valence-electron chi connectivity index (χ3n) is 1.94. The lowest BCUT2D eigenvalue weighted by Crippen LogP contribution is -1.97. The van der Waals surface area contributed by atoms with Gasteiger partial charge in [0, 0.05) is 6.07 Å². The van der Waals surface area contributed by atoms with Crippen LogP contribution < -0.4 is 0 Å². The molecule has 88 valence electrons. The maximum absolute atomic E-state index is 10.8. The molecule has 6 nitrogen and oxygen atoms in total. The molecule has 0 bridgehead atoms. The van der Waals surface area contributed by atoms with E-state index >= 15 is 0 Å². The summed E-state index contributed by atoms with van der Waals surface area (Å²) in [4.78, 5) is 24.6. The van der Waals surface area contributed by atoms with Gasteiger partial charge >= 0.3 is 5.97 Å². The first-order valence-corrected chi connectivity index (χ1v) is 4.71. The molecule has 0 aliphatic heterocycles. The monoisotopic (exact) mass is 234 g/mol. The number of hydrogen-bond acceptors (Lipinski definition) is 5. The number of esters is 1. The number of carbonyl (C=O) groups excluding carboxylic acids is 1. The summed E-state index contributed by atoms with van der Waals surface area (Å²) in [6, 6.07) is 1.38. The summed E-state index contributed by atoms with van der Waals surface area (Å²) in [5.41, 5.74) is 0.928. The number of pyridine rings is 1. The number of aromatic nitrogens is 1.